The lowest BCUT2D eigenvalue weighted by Gasteiger charge is -2.42. The molecule has 1 aromatic heterocycles. The zero-order valence-electron chi connectivity index (χ0n) is 19.5. The van der Waals surface area contributed by atoms with Crippen LogP contribution in [0.2, 0.25) is 0 Å². The standard InChI is InChI=1S/C26H25F5N3OS/c1-3-25(33-24(35)16-6-4-7-17(27)12-16)11-5-8-19(15-25)36(2)34-22-14-23(26(29,30)31)32-21-10-9-18(28)13-20(21)22/h4,6-7,9-10,12-14,19H,2-3,5,8,11,15H2,1H3,(H,33,35)/q-1/p-1. The molecule has 192 valence electrons. The summed E-state index contributed by atoms with van der Waals surface area (Å²) in [5.41, 5.74) is -1.68. The van der Waals surface area contributed by atoms with Gasteiger partial charge in [-0.1, -0.05) is 31.9 Å². The predicted octanol–water partition coefficient (Wildman–Crippen LogP) is 6.30. The van der Waals surface area contributed by atoms with Gasteiger partial charge >= 0.3 is 6.18 Å². The molecule has 3 aromatic rings. The van der Waals surface area contributed by atoms with Crippen molar-refractivity contribution in [2.24, 2.45) is 9.36 Å². The van der Waals surface area contributed by atoms with Crippen LogP contribution in [-0.4, -0.2) is 27.5 Å². The summed E-state index contributed by atoms with van der Waals surface area (Å²) < 4.78 is 72.3. The van der Waals surface area contributed by atoms with Crippen LogP contribution in [0.4, 0.5) is 27.6 Å². The second kappa shape index (κ2) is 10.2. The normalized spacial score (nSPS) is 22.2. The number of hydrogen-bond acceptors (Lipinski definition) is 5. The van der Waals surface area contributed by atoms with Gasteiger partial charge in [0.2, 0.25) is 0 Å². The van der Waals surface area contributed by atoms with Crippen molar-refractivity contribution in [1.82, 2.24) is 4.98 Å². The van der Waals surface area contributed by atoms with E-state index in [-0.39, 0.29) is 27.4 Å². The van der Waals surface area contributed by atoms with Gasteiger partial charge in [-0.25, -0.2) is 19.6 Å². The Balaban J connectivity index is 1.70. The molecule has 1 fully saturated rings. The second-order valence-electron chi connectivity index (χ2n) is 8.90. The summed E-state index contributed by atoms with van der Waals surface area (Å²) >= 11 is 0. The van der Waals surface area contributed by atoms with Crippen LogP contribution in [0.3, 0.4) is 0 Å². The molecule has 0 amide bonds. The number of rotatable bonds is 5. The number of halogens is 5. The lowest BCUT2D eigenvalue weighted by molar-refractivity contribution is -0.214. The Labute approximate surface area is 207 Å². The summed E-state index contributed by atoms with van der Waals surface area (Å²) in [4.78, 5) is 8.09. The van der Waals surface area contributed by atoms with Crippen molar-refractivity contribution >= 4 is 38.6 Å². The number of aliphatic imine (C=N–C) groups is 1. The molecule has 0 N–H and O–H groups in total. The van der Waals surface area contributed by atoms with E-state index < -0.39 is 45.2 Å². The smallest absolute Gasteiger partial charge is 0.433 e. The minimum Gasteiger partial charge on any atom is -0.858 e. The van der Waals surface area contributed by atoms with Crippen molar-refractivity contribution in [2.75, 3.05) is 0 Å². The van der Waals surface area contributed by atoms with Gasteiger partial charge in [0.25, 0.3) is 0 Å². The van der Waals surface area contributed by atoms with Crippen LogP contribution in [0.5, 0.6) is 0 Å². The molecular formula is C26H24F5N3OS-2. The van der Waals surface area contributed by atoms with Crippen LogP contribution in [0.1, 0.15) is 50.3 Å². The Hall–Kier alpha value is -3.01. The Bertz CT molecular complexity index is 1400. The molecule has 10 heteroatoms. The third-order valence-corrected chi connectivity index (χ3v) is 8.09. The van der Waals surface area contributed by atoms with Gasteiger partial charge in [-0.05, 0) is 67.1 Å². The van der Waals surface area contributed by atoms with E-state index in [4.69, 9.17) is 0 Å². The summed E-state index contributed by atoms with van der Waals surface area (Å²) in [7, 11) is -0.990. The number of benzene rings is 2. The largest absolute Gasteiger partial charge is 0.858 e. The van der Waals surface area contributed by atoms with E-state index in [0.29, 0.717) is 25.7 Å². The third-order valence-electron chi connectivity index (χ3n) is 6.48. The van der Waals surface area contributed by atoms with Crippen molar-refractivity contribution < 1.29 is 27.1 Å². The fourth-order valence-electron chi connectivity index (χ4n) is 4.52. The number of hydrogen-bond donors (Lipinski definition) is 0. The number of pyridine rings is 1. The van der Waals surface area contributed by atoms with Gasteiger partial charge in [0, 0.05) is 11.1 Å². The predicted molar refractivity (Wildman–Crippen MR) is 131 cm³/mol. The minimum absolute atomic E-state index is 0.00999. The van der Waals surface area contributed by atoms with Crippen molar-refractivity contribution in [3.05, 3.63) is 71.4 Å². The topological polar surface area (TPSA) is 60.7 Å². The van der Waals surface area contributed by atoms with Crippen LogP contribution in [-0.2, 0) is 16.5 Å². The van der Waals surface area contributed by atoms with Crippen molar-refractivity contribution in [3.63, 3.8) is 0 Å². The maximum atomic E-state index is 13.9. The van der Waals surface area contributed by atoms with Crippen molar-refractivity contribution in [3.8, 4) is 0 Å². The number of nitrogens with zero attached hydrogens (tertiary/aromatic N) is 3. The van der Waals surface area contributed by atoms with Gasteiger partial charge in [0.15, 0.2) is 0 Å². The first-order valence-corrected chi connectivity index (χ1v) is 12.9. The fraction of sp³-hybridized carbons (Fsp3) is 0.346. The molecular weight excluding hydrogens is 497 g/mol. The highest BCUT2D eigenvalue weighted by molar-refractivity contribution is 7.85. The molecule has 1 saturated carbocycles. The molecule has 0 aliphatic heterocycles. The molecule has 1 aliphatic rings. The highest BCUT2D eigenvalue weighted by atomic mass is 32.2. The molecule has 36 heavy (non-hydrogen) atoms. The van der Waals surface area contributed by atoms with E-state index in [2.05, 4.69) is 20.2 Å². The molecule has 4 rings (SSSR count). The van der Waals surface area contributed by atoms with Gasteiger partial charge in [0.05, 0.1) is 11.1 Å². The Kier molecular flexibility index (Phi) is 7.36. The number of fused-ring (bicyclic) bond motifs is 1. The van der Waals surface area contributed by atoms with Crippen molar-refractivity contribution in [1.29, 1.82) is 0 Å². The summed E-state index contributed by atoms with van der Waals surface area (Å²) in [6, 6.07) is 9.52. The summed E-state index contributed by atoms with van der Waals surface area (Å²) in [5, 5.41) is 12.8. The van der Waals surface area contributed by atoms with Gasteiger partial charge in [-0.2, -0.15) is 13.2 Å². The monoisotopic (exact) mass is 521 g/mol. The van der Waals surface area contributed by atoms with Crippen LogP contribution >= 0.6 is 0 Å². The molecule has 0 radical (unpaired) electrons. The Morgan fingerprint density at radius 3 is 2.61 bits per heavy atom. The van der Waals surface area contributed by atoms with Crippen LogP contribution in [0.25, 0.3) is 10.9 Å². The summed E-state index contributed by atoms with van der Waals surface area (Å²) in [6.45, 7) is 1.91. The summed E-state index contributed by atoms with van der Waals surface area (Å²) in [6.07, 6.45) is -1.57. The van der Waals surface area contributed by atoms with Gasteiger partial charge in [0.1, 0.15) is 17.3 Å². The molecule has 0 saturated heterocycles. The average Bonchev–Trinajstić information content (AvgIpc) is 2.83. The molecule has 2 aromatic carbocycles. The van der Waals surface area contributed by atoms with Crippen LogP contribution < -0.4 is 5.11 Å². The number of aromatic nitrogens is 1. The van der Waals surface area contributed by atoms with E-state index in [0.717, 1.165) is 30.7 Å². The second-order valence-corrected chi connectivity index (χ2v) is 10.6. The van der Waals surface area contributed by atoms with E-state index in [1.54, 1.807) is 0 Å². The van der Waals surface area contributed by atoms with E-state index in [9.17, 15) is 27.1 Å². The molecule has 1 heterocycles. The van der Waals surface area contributed by atoms with E-state index in [1.165, 1.54) is 24.3 Å². The van der Waals surface area contributed by atoms with Gasteiger partial charge in [-0.3, -0.25) is 4.99 Å². The maximum Gasteiger partial charge on any atom is 0.433 e. The number of alkyl halides is 3. The molecule has 0 spiro atoms. The highest BCUT2D eigenvalue weighted by Crippen LogP contribution is 2.38. The Morgan fingerprint density at radius 1 is 1.17 bits per heavy atom. The molecule has 0 bridgehead atoms. The third kappa shape index (κ3) is 5.69. The first-order chi connectivity index (χ1) is 17.0. The van der Waals surface area contributed by atoms with Gasteiger partial charge < -0.3 is 19.7 Å². The first kappa shape index (κ1) is 26.1. The summed E-state index contributed by atoms with van der Waals surface area (Å²) in [5.74, 6) is 2.47. The molecule has 1 aliphatic carbocycles. The van der Waals surface area contributed by atoms with Gasteiger partial charge in [-0.15, -0.1) is 5.25 Å². The molecule has 2 unspecified atom stereocenters. The SMILES string of the molecule is C=[S-](=Nc1cc(C(F)(F)F)nc2ccc(F)cc12)C1CCCC(CC)(N=C([O-])c2cccc(F)c2)C1. The minimum atomic E-state index is -4.69. The zero-order valence-corrected chi connectivity index (χ0v) is 20.3. The fourth-order valence-corrected chi connectivity index (χ4v) is 6.02. The average molecular weight is 522 g/mol. The Morgan fingerprint density at radius 2 is 1.92 bits per heavy atom. The molecule has 4 nitrogen and oxygen atoms in total. The quantitative estimate of drug-likeness (QED) is 0.130. The first-order valence-electron chi connectivity index (χ1n) is 11.4. The van der Waals surface area contributed by atoms with E-state index in [1.807, 2.05) is 6.92 Å². The van der Waals surface area contributed by atoms with E-state index >= 15 is 0 Å². The maximum absolute atomic E-state index is 13.9. The van der Waals surface area contributed by atoms with Crippen LogP contribution in [0, 0.1) is 11.6 Å². The molecule has 2 atom stereocenters. The van der Waals surface area contributed by atoms with Crippen LogP contribution in [0.15, 0.2) is 57.9 Å². The lowest BCUT2D eigenvalue weighted by Crippen LogP contribution is -2.38. The highest BCUT2D eigenvalue weighted by Gasteiger charge is 2.34. The zero-order chi connectivity index (χ0) is 26.1. The van der Waals surface area contributed by atoms with Crippen molar-refractivity contribution in [2.45, 2.75) is 56.0 Å². The lowest BCUT2D eigenvalue weighted by atomic mass is 9.80.